The molecule has 0 aliphatic rings. The van der Waals surface area contributed by atoms with Crippen molar-refractivity contribution in [3.63, 3.8) is 0 Å². The average molecular weight is 221 g/mol. The van der Waals surface area contributed by atoms with E-state index >= 15 is 0 Å². The van der Waals surface area contributed by atoms with Crippen LogP contribution in [0.15, 0.2) is 11.1 Å². The summed E-state index contributed by atoms with van der Waals surface area (Å²) in [4.78, 5) is 2.15. The van der Waals surface area contributed by atoms with Crippen LogP contribution in [0.25, 0.3) is 0 Å². The molecular weight excluding hydrogens is 203 g/mol. The van der Waals surface area contributed by atoms with E-state index in [-0.39, 0.29) is 6.10 Å². The maximum atomic E-state index is 9.14. The van der Waals surface area contributed by atoms with E-state index < -0.39 is 0 Å². The first kappa shape index (κ1) is 11.2. The first-order valence-electron chi connectivity index (χ1n) is 4.27. The van der Waals surface area contributed by atoms with Crippen molar-refractivity contribution in [1.29, 1.82) is 0 Å². The van der Waals surface area contributed by atoms with Gasteiger partial charge in [-0.2, -0.15) is 0 Å². The van der Waals surface area contributed by atoms with E-state index in [1.54, 1.807) is 0 Å². The number of hydrogen-bond acceptors (Lipinski definition) is 1. The molecule has 0 aromatic heterocycles. The molecule has 0 spiro atoms. The van der Waals surface area contributed by atoms with Crippen molar-refractivity contribution in [1.82, 2.24) is 0 Å². The van der Waals surface area contributed by atoms with Crippen LogP contribution >= 0.6 is 0 Å². The van der Waals surface area contributed by atoms with Gasteiger partial charge in [-0.05, 0) is 0 Å². The van der Waals surface area contributed by atoms with Crippen LogP contribution in [0.3, 0.4) is 0 Å². The molecular formula is C9H18OSe. The van der Waals surface area contributed by atoms with Gasteiger partial charge in [0.2, 0.25) is 0 Å². The molecule has 0 amide bonds. The fraction of sp³-hybridized carbons (Fsp3) is 0.778. The monoisotopic (exact) mass is 222 g/mol. The SMILES string of the molecule is CCCC[Se]/C=C\C(O)CC. The summed E-state index contributed by atoms with van der Waals surface area (Å²) in [6.07, 6.45) is 5.16. The summed E-state index contributed by atoms with van der Waals surface area (Å²) in [5.74, 6) is 0. The zero-order chi connectivity index (χ0) is 8.53. The van der Waals surface area contributed by atoms with Gasteiger partial charge in [-0.15, -0.1) is 0 Å². The van der Waals surface area contributed by atoms with Crippen molar-refractivity contribution in [2.45, 2.75) is 44.5 Å². The molecule has 0 saturated heterocycles. The molecule has 0 aromatic rings. The van der Waals surface area contributed by atoms with Crippen molar-refractivity contribution in [3.05, 3.63) is 11.1 Å². The predicted octanol–water partition coefficient (Wildman–Crippen LogP) is 2.19. The van der Waals surface area contributed by atoms with Gasteiger partial charge in [-0.3, -0.25) is 0 Å². The number of aliphatic hydroxyl groups excluding tert-OH is 1. The fourth-order valence-corrected chi connectivity index (χ4v) is 2.43. The van der Waals surface area contributed by atoms with E-state index in [4.69, 9.17) is 5.11 Å². The molecule has 1 unspecified atom stereocenters. The summed E-state index contributed by atoms with van der Waals surface area (Å²) in [5.41, 5.74) is 0. The molecule has 1 atom stereocenters. The van der Waals surface area contributed by atoms with Gasteiger partial charge in [0.1, 0.15) is 0 Å². The third-order valence-electron chi connectivity index (χ3n) is 1.43. The third-order valence-corrected chi connectivity index (χ3v) is 3.26. The molecule has 66 valence electrons. The van der Waals surface area contributed by atoms with Crippen LogP contribution in [0.1, 0.15) is 33.1 Å². The Kier molecular flexibility index (Phi) is 8.48. The second kappa shape index (κ2) is 8.32. The van der Waals surface area contributed by atoms with Crippen LogP contribution in [0, 0.1) is 0 Å². The van der Waals surface area contributed by atoms with Gasteiger partial charge in [0.05, 0.1) is 0 Å². The third kappa shape index (κ3) is 8.12. The summed E-state index contributed by atoms with van der Waals surface area (Å²) in [7, 11) is 0. The molecule has 0 aliphatic heterocycles. The van der Waals surface area contributed by atoms with Crippen molar-refractivity contribution in [3.8, 4) is 0 Å². The Morgan fingerprint density at radius 1 is 1.45 bits per heavy atom. The molecule has 0 heterocycles. The zero-order valence-electron chi connectivity index (χ0n) is 7.42. The first-order chi connectivity index (χ1) is 5.31. The van der Waals surface area contributed by atoms with E-state index in [1.807, 2.05) is 13.0 Å². The van der Waals surface area contributed by atoms with Gasteiger partial charge < -0.3 is 0 Å². The molecule has 0 aliphatic carbocycles. The van der Waals surface area contributed by atoms with Crippen molar-refractivity contribution >= 4 is 15.0 Å². The first-order valence-corrected chi connectivity index (χ1v) is 6.47. The molecule has 1 nitrogen and oxygen atoms in total. The van der Waals surface area contributed by atoms with Crippen LogP contribution < -0.4 is 0 Å². The van der Waals surface area contributed by atoms with Crippen LogP contribution in [-0.2, 0) is 0 Å². The van der Waals surface area contributed by atoms with Gasteiger partial charge in [0.25, 0.3) is 0 Å². The molecule has 0 radical (unpaired) electrons. The number of unbranched alkanes of at least 4 members (excludes halogenated alkanes) is 1. The molecule has 0 fully saturated rings. The summed E-state index contributed by atoms with van der Waals surface area (Å²) >= 11 is 0.617. The van der Waals surface area contributed by atoms with E-state index in [0.29, 0.717) is 15.0 Å². The Morgan fingerprint density at radius 3 is 2.73 bits per heavy atom. The maximum absolute atomic E-state index is 9.14. The molecule has 11 heavy (non-hydrogen) atoms. The molecule has 0 aromatic carbocycles. The summed E-state index contributed by atoms with van der Waals surface area (Å²) in [6.45, 7) is 4.20. The van der Waals surface area contributed by atoms with Gasteiger partial charge in [0, 0.05) is 0 Å². The second-order valence-corrected chi connectivity index (χ2v) is 4.66. The molecule has 1 N–H and O–H groups in total. The van der Waals surface area contributed by atoms with Crippen LogP contribution in [-0.4, -0.2) is 26.2 Å². The van der Waals surface area contributed by atoms with Gasteiger partial charge in [-0.25, -0.2) is 0 Å². The Bertz CT molecular complexity index is 102. The Hall–Kier alpha value is 0.219. The number of aliphatic hydroxyl groups is 1. The Balaban J connectivity index is 3.15. The quantitative estimate of drug-likeness (QED) is 0.538. The number of rotatable bonds is 6. The minimum absolute atomic E-state index is 0.210. The van der Waals surface area contributed by atoms with Crippen LogP contribution in [0.5, 0.6) is 0 Å². The van der Waals surface area contributed by atoms with E-state index in [1.165, 1.54) is 18.2 Å². The molecule has 2 heteroatoms. The van der Waals surface area contributed by atoms with E-state index in [9.17, 15) is 0 Å². The minimum atomic E-state index is -0.210. The number of hydrogen-bond donors (Lipinski definition) is 1. The molecule has 0 bridgehead atoms. The van der Waals surface area contributed by atoms with Crippen molar-refractivity contribution in [2.75, 3.05) is 0 Å². The topological polar surface area (TPSA) is 20.2 Å². The summed E-state index contributed by atoms with van der Waals surface area (Å²) in [6, 6.07) is 0. The molecule has 0 rings (SSSR count). The zero-order valence-corrected chi connectivity index (χ0v) is 9.13. The normalized spacial score (nSPS) is 14.1. The van der Waals surface area contributed by atoms with E-state index in [2.05, 4.69) is 11.9 Å². The van der Waals surface area contributed by atoms with Crippen LogP contribution in [0.2, 0.25) is 5.32 Å². The standard InChI is InChI=1S/C9H18OSe/c1-3-5-7-11-8-6-9(10)4-2/h6,8-10H,3-5,7H2,1-2H3/b8-6-. The van der Waals surface area contributed by atoms with E-state index in [0.717, 1.165) is 6.42 Å². The second-order valence-electron chi connectivity index (χ2n) is 2.53. The molecule has 0 saturated carbocycles. The predicted molar refractivity (Wildman–Crippen MR) is 50.9 cm³/mol. The average Bonchev–Trinajstić information content (AvgIpc) is 2.04. The Morgan fingerprint density at radius 2 is 2.18 bits per heavy atom. The van der Waals surface area contributed by atoms with Crippen molar-refractivity contribution < 1.29 is 5.11 Å². The van der Waals surface area contributed by atoms with Gasteiger partial charge in [-0.1, -0.05) is 0 Å². The van der Waals surface area contributed by atoms with Crippen LogP contribution in [0.4, 0.5) is 0 Å². The summed E-state index contributed by atoms with van der Waals surface area (Å²) in [5, 5.41) is 10.5. The fourth-order valence-electron chi connectivity index (χ4n) is 0.578. The Labute approximate surface area is 76.0 Å². The van der Waals surface area contributed by atoms with Crippen molar-refractivity contribution in [2.24, 2.45) is 0 Å². The van der Waals surface area contributed by atoms with Gasteiger partial charge >= 0.3 is 75.6 Å². The summed E-state index contributed by atoms with van der Waals surface area (Å²) < 4.78 is 0. The van der Waals surface area contributed by atoms with Gasteiger partial charge in [0.15, 0.2) is 0 Å².